The summed E-state index contributed by atoms with van der Waals surface area (Å²) in [5.74, 6) is 7.02. The molecule has 0 bridgehead atoms. The monoisotopic (exact) mass is 1080 g/mol. The van der Waals surface area contributed by atoms with Crippen molar-refractivity contribution in [1.82, 2.24) is 119 Å². The molecular formula is C44H72N24O3S3. The lowest BCUT2D eigenvalue weighted by Gasteiger charge is -1.87. The molecule has 10 heterocycles. The van der Waals surface area contributed by atoms with Crippen LogP contribution in [-0.2, 0) is 28.2 Å². The lowest BCUT2D eigenvalue weighted by molar-refractivity contribution is 0.302. The van der Waals surface area contributed by atoms with Crippen molar-refractivity contribution in [3.63, 3.8) is 0 Å². The van der Waals surface area contributed by atoms with Crippen LogP contribution in [0.5, 0.6) is 0 Å². The van der Waals surface area contributed by atoms with Gasteiger partial charge in [-0.2, -0.15) is 23.8 Å². The number of thiazole rings is 1. The van der Waals surface area contributed by atoms with Gasteiger partial charge in [-0.05, 0) is 158 Å². The van der Waals surface area contributed by atoms with Gasteiger partial charge >= 0.3 is 0 Å². The topological polar surface area (TPSA) is 317 Å². The largest absolute Gasteiger partial charge is 0.340 e. The van der Waals surface area contributed by atoms with Crippen molar-refractivity contribution in [2.45, 2.75) is 138 Å². The third kappa shape index (κ3) is 26.9. The summed E-state index contributed by atoms with van der Waals surface area (Å²) in [4.78, 5) is 25.3. The predicted octanol–water partition coefficient (Wildman–Crippen LogP) is 7.25. The number of hydrogen-bond donors (Lipinski definition) is 0. The highest BCUT2D eigenvalue weighted by Gasteiger charge is 1.99. The van der Waals surface area contributed by atoms with Crippen LogP contribution >= 0.6 is 34.4 Å². The highest BCUT2D eigenvalue weighted by molar-refractivity contribution is 7.11. The summed E-state index contributed by atoms with van der Waals surface area (Å²) >= 11 is 4.64. The predicted molar refractivity (Wildman–Crippen MR) is 281 cm³/mol. The average Bonchev–Trinajstić information content (AvgIpc) is 4.26. The summed E-state index contributed by atoms with van der Waals surface area (Å²) in [6, 6.07) is 0. The molecule has 0 unspecified atom stereocenters. The van der Waals surface area contributed by atoms with E-state index in [0.717, 1.165) is 73.3 Å². The molecular weight excluding hydrogens is 1010 g/mol. The summed E-state index contributed by atoms with van der Waals surface area (Å²) in [7, 11) is 7.45. The van der Waals surface area contributed by atoms with Gasteiger partial charge in [0.2, 0.25) is 11.8 Å². The van der Waals surface area contributed by atoms with Gasteiger partial charge in [-0.15, -0.1) is 26.6 Å². The van der Waals surface area contributed by atoms with Crippen LogP contribution in [-0.4, -0.2) is 119 Å². The van der Waals surface area contributed by atoms with Crippen LogP contribution in [0.4, 0.5) is 0 Å². The zero-order valence-corrected chi connectivity index (χ0v) is 49.6. The molecule has 30 heteroatoms. The number of aromatic nitrogens is 24. The minimum Gasteiger partial charge on any atom is -0.340 e. The minimum absolute atomic E-state index is 0.623. The molecule has 0 spiro atoms. The van der Waals surface area contributed by atoms with Crippen molar-refractivity contribution in [3.05, 3.63) is 112 Å². The maximum absolute atomic E-state index is 4.60. The molecule has 0 aromatic carbocycles. The van der Waals surface area contributed by atoms with Crippen molar-refractivity contribution in [2.75, 3.05) is 0 Å². The van der Waals surface area contributed by atoms with Crippen molar-refractivity contribution in [1.29, 1.82) is 0 Å². The molecule has 74 heavy (non-hydrogen) atoms. The zero-order valence-electron chi connectivity index (χ0n) is 47.2. The third-order valence-corrected chi connectivity index (χ3v) is 11.5. The van der Waals surface area contributed by atoms with E-state index in [1.807, 2.05) is 125 Å². The van der Waals surface area contributed by atoms with Crippen molar-refractivity contribution >= 4 is 34.4 Å². The summed E-state index contributed by atoms with van der Waals surface area (Å²) in [5, 5.41) is 47.2. The molecule has 10 rings (SSSR count). The van der Waals surface area contributed by atoms with E-state index in [-0.39, 0.29) is 0 Å². The maximum Gasteiger partial charge on any atom is 0.223 e. The third-order valence-electron chi connectivity index (χ3n) is 9.13. The summed E-state index contributed by atoms with van der Waals surface area (Å²) in [6.45, 7) is 38.2. The first kappa shape index (κ1) is 64.7. The highest BCUT2D eigenvalue weighted by Crippen LogP contribution is 2.14. The molecule has 0 aliphatic rings. The average molecular weight is 1080 g/mol. The van der Waals surface area contributed by atoms with E-state index in [0.29, 0.717) is 23.4 Å². The van der Waals surface area contributed by atoms with Gasteiger partial charge < -0.3 is 9.05 Å². The standard InChI is InChI=1S/C6H9NS.3C5H9N3.3C4H6N2O.2C4H6N2S.C3H6N4/c1-4-5(2)8-6(3)7-4;1-4-6-5(2)8(3)7-4;2*1-4-5(2)8(3)7-6-4;2*1-3-5-4(2)7-6-3;1-3-4(2)6-7-5-3;2*1-3-5-4(2)7-6-3;1-3-4-5-6-7(3)2/h4*1-3H3;6*1-2H3. The second-order valence-electron chi connectivity index (χ2n) is 15.7. The van der Waals surface area contributed by atoms with E-state index in [1.54, 1.807) is 64.8 Å². The second kappa shape index (κ2) is 33.4. The molecule has 0 aliphatic carbocycles. The number of tetrazole rings is 1. The van der Waals surface area contributed by atoms with Gasteiger partial charge in [-0.25, -0.2) is 29.2 Å². The number of hydrogen-bond acceptors (Lipinski definition) is 26. The van der Waals surface area contributed by atoms with Crippen LogP contribution in [0.15, 0.2) is 13.7 Å². The van der Waals surface area contributed by atoms with E-state index in [4.69, 9.17) is 0 Å². The quantitative estimate of drug-likeness (QED) is 0.144. The van der Waals surface area contributed by atoms with Gasteiger partial charge in [0.1, 0.15) is 50.5 Å². The van der Waals surface area contributed by atoms with Crippen molar-refractivity contribution in [3.8, 4) is 0 Å². The van der Waals surface area contributed by atoms with E-state index < -0.39 is 0 Å². The molecule has 0 aliphatic heterocycles. The summed E-state index contributed by atoms with van der Waals surface area (Å²) in [5.41, 5.74) is 7.17. The second-order valence-corrected chi connectivity index (χ2v) is 19.0. The van der Waals surface area contributed by atoms with Crippen molar-refractivity contribution < 1.29 is 13.7 Å². The lowest BCUT2D eigenvalue weighted by Crippen LogP contribution is -1.92. The Bertz CT molecular complexity index is 2610. The molecule has 0 fully saturated rings. The first-order valence-corrected chi connectivity index (χ1v) is 24.9. The first-order chi connectivity index (χ1) is 34.6. The molecule has 0 saturated heterocycles. The van der Waals surface area contributed by atoms with Crippen LogP contribution in [0.3, 0.4) is 0 Å². The normalized spacial score (nSPS) is 9.62. The van der Waals surface area contributed by atoms with Gasteiger partial charge in [-0.3, -0.25) is 14.0 Å². The van der Waals surface area contributed by atoms with E-state index in [2.05, 4.69) is 121 Å². The van der Waals surface area contributed by atoms with Crippen LogP contribution in [0.2, 0.25) is 0 Å². The maximum atomic E-state index is 4.60. The molecule has 0 atom stereocenters. The van der Waals surface area contributed by atoms with Crippen LogP contribution in [0.1, 0.15) is 112 Å². The Kier molecular flexibility index (Phi) is 29.2. The smallest absolute Gasteiger partial charge is 0.223 e. The SMILES string of the molecule is Cc1nc(C)c(C)s1.Cc1nc(C)n(C)n1.Cc1nnn(C)c1C.Cc1nnn(C)c1C.Cc1nnnn1C.Cc1noc(C)n1.Cc1noc(C)n1.Cc1nonc1C.Cc1nsc(C)n1.Cc1nsc(C)n1. The fraction of sp³-hybridized carbons (Fsp3) is 0.545. The highest BCUT2D eigenvalue weighted by atomic mass is 32.1. The van der Waals surface area contributed by atoms with E-state index in [1.165, 1.54) is 38.6 Å². The summed E-state index contributed by atoms with van der Waals surface area (Å²) in [6.07, 6.45) is 0. The van der Waals surface area contributed by atoms with Crippen molar-refractivity contribution in [2.24, 2.45) is 28.2 Å². The Balaban J connectivity index is 0.000000411. The molecule has 0 saturated carbocycles. The molecule has 10 aromatic heterocycles. The number of rotatable bonds is 0. The molecule has 404 valence electrons. The fourth-order valence-electron chi connectivity index (χ4n) is 4.42. The Morgan fingerprint density at radius 2 is 0.811 bits per heavy atom. The molecule has 0 N–H and O–H groups in total. The van der Waals surface area contributed by atoms with Gasteiger partial charge in [0.05, 0.1) is 33.5 Å². The van der Waals surface area contributed by atoms with Crippen LogP contribution in [0.25, 0.3) is 0 Å². The number of nitrogens with zero attached hydrogens (tertiary/aromatic N) is 24. The van der Waals surface area contributed by atoms with E-state index in [9.17, 15) is 0 Å². The number of aryl methyl sites for hydroxylation is 22. The Hall–Kier alpha value is -7.34. The lowest BCUT2D eigenvalue weighted by atomic mass is 10.4. The Morgan fingerprint density at radius 3 is 0.905 bits per heavy atom. The molecule has 0 radical (unpaired) electrons. The van der Waals surface area contributed by atoms with Crippen LogP contribution < -0.4 is 0 Å². The Labute approximate surface area is 444 Å². The minimum atomic E-state index is 0.623. The zero-order chi connectivity index (χ0) is 56.2. The van der Waals surface area contributed by atoms with Gasteiger partial charge in [0.25, 0.3) is 0 Å². The molecule has 27 nitrogen and oxygen atoms in total. The molecule has 10 aromatic rings. The molecule has 0 amide bonds. The van der Waals surface area contributed by atoms with Crippen LogP contribution in [0, 0.1) is 138 Å². The van der Waals surface area contributed by atoms with Gasteiger partial charge in [0.15, 0.2) is 11.6 Å². The Morgan fingerprint density at radius 1 is 0.365 bits per heavy atom. The van der Waals surface area contributed by atoms with Gasteiger partial charge in [0, 0.05) is 46.9 Å². The van der Waals surface area contributed by atoms with Gasteiger partial charge in [-0.1, -0.05) is 31.1 Å². The first-order valence-electron chi connectivity index (χ1n) is 22.5. The summed E-state index contributed by atoms with van der Waals surface area (Å²) < 4.78 is 28.3. The fourth-order valence-corrected chi connectivity index (χ4v) is 6.19. The van der Waals surface area contributed by atoms with E-state index >= 15 is 0 Å².